The first kappa shape index (κ1) is 18.4. The lowest BCUT2D eigenvalue weighted by molar-refractivity contribution is -0.157. The molecule has 3 N–H and O–H groups in total. The van der Waals surface area contributed by atoms with Crippen LogP contribution in [0.15, 0.2) is 0 Å². The van der Waals surface area contributed by atoms with Gasteiger partial charge in [-0.2, -0.15) is 0 Å². The summed E-state index contributed by atoms with van der Waals surface area (Å²) in [5.74, 6) is -0.876. The van der Waals surface area contributed by atoms with Crippen molar-refractivity contribution in [1.29, 1.82) is 0 Å². The van der Waals surface area contributed by atoms with E-state index in [1.807, 2.05) is 0 Å². The van der Waals surface area contributed by atoms with Crippen molar-refractivity contribution in [3.8, 4) is 0 Å². The van der Waals surface area contributed by atoms with Crippen LogP contribution in [0.2, 0.25) is 0 Å². The van der Waals surface area contributed by atoms with Gasteiger partial charge >= 0.3 is 5.97 Å². The summed E-state index contributed by atoms with van der Waals surface area (Å²) in [6.07, 6.45) is 3.81. The molecule has 0 aromatic rings. The van der Waals surface area contributed by atoms with E-state index in [9.17, 15) is 20.1 Å². The number of methoxy groups -OCH3 is 1. The summed E-state index contributed by atoms with van der Waals surface area (Å²) in [7, 11) is 1.14. The molecule has 0 radical (unpaired) electrons. The number of aliphatic hydroxyl groups is 3. The Bertz CT molecular complexity index is 232. The highest BCUT2D eigenvalue weighted by Crippen LogP contribution is 2.13. The van der Waals surface area contributed by atoms with Gasteiger partial charge in [-0.1, -0.05) is 45.4 Å². The number of unbranched alkanes of at least 4 members (excludes halogenated alkanes) is 5. The van der Waals surface area contributed by atoms with Crippen molar-refractivity contribution in [3.05, 3.63) is 0 Å². The first-order chi connectivity index (χ1) is 9.02. The number of rotatable bonds is 11. The minimum Gasteiger partial charge on any atom is -0.467 e. The van der Waals surface area contributed by atoms with E-state index in [1.165, 1.54) is 19.3 Å². The summed E-state index contributed by atoms with van der Waals surface area (Å²) in [6.45, 7) is 2.16. The second-order valence-electron chi connectivity index (χ2n) is 4.98. The highest BCUT2D eigenvalue weighted by atomic mass is 16.5. The predicted octanol–water partition coefficient (Wildman–Crippen LogP) is 1.38. The van der Waals surface area contributed by atoms with Gasteiger partial charge in [-0.3, -0.25) is 0 Å². The van der Waals surface area contributed by atoms with Gasteiger partial charge in [-0.25, -0.2) is 4.79 Å². The molecule has 3 atom stereocenters. The summed E-state index contributed by atoms with van der Waals surface area (Å²) in [5, 5.41) is 28.6. The summed E-state index contributed by atoms with van der Waals surface area (Å²) in [5.41, 5.74) is 0. The Morgan fingerprint density at radius 1 is 1.05 bits per heavy atom. The Balaban J connectivity index is 3.67. The van der Waals surface area contributed by atoms with Gasteiger partial charge in [0.05, 0.1) is 19.3 Å². The molecule has 0 rings (SSSR count). The number of ether oxygens (including phenoxy) is 1. The monoisotopic (exact) mass is 276 g/mol. The fourth-order valence-corrected chi connectivity index (χ4v) is 1.96. The predicted molar refractivity (Wildman–Crippen MR) is 72.6 cm³/mol. The van der Waals surface area contributed by atoms with E-state index < -0.39 is 24.3 Å². The van der Waals surface area contributed by atoms with E-state index in [4.69, 9.17) is 0 Å². The molecule has 0 heterocycles. The van der Waals surface area contributed by atoms with E-state index in [-0.39, 0.29) is 6.42 Å². The number of carbonyl (C=O) groups excluding carboxylic acids is 1. The third-order valence-corrected chi connectivity index (χ3v) is 3.21. The fourth-order valence-electron chi connectivity index (χ4n) is 1.96. The number of hydrogen-bond acceptors (Lipinski definition) is 5. The van der Waals surface area contributed by atoms with E-state index >= 15 is 0 Å². The Kier molecular flexibility index (Phi) is 10.8. The molecular weight excluding hydrogens is 248 g/mol. The van der Waals surface area contributed by atoms with E-state index in [0.29, 0.717) is 6.42 Å². The van der Waals surface area contributed by atoms with Gasteiger partial charge in [0.15, 0.2) is 6.10 Å². The smallest absolute Gasteiger partial charge is 0.337 e. The normalized spacial score (nSPS) is 15.8. The van der Waals surface area contributed by atoms with Crippen LogP contribution in [0.3, 0.4) is 0 Å². The maximum Gasteiger partial charge on any atom is 0.337 e. The lowest BCUT2D eigenvalue weighted by Gasteiger charge is -2.18. The Morgan fingerprint density at radius 2 is 1.63 bits per heavy atom. The fraction of sp³-hybridized carbons (Fsp3) is 0.929. The molecule has 0 aliphatic heterocycles. The van der Waals surface area contributed by atoms with Crippen molar-refractivity contribution < 1.29 is 24.9 Å². The number of hydrogen-bond donors (Lipinski definition) is 3. The molecule has 0 aromatic heterocycles. The van der Waals surface area contributed by atoms with Gasteiger partial charge in [0.25, 0.3) is 0 Å². The molecule has 0 aliphatic rings. The average molecular weight is 276 g/mol. The molecule has 114 valence electrons. The first-order valence-electron chi connectivity index (χ1n) is 7.14. The average Bonchev–Trinajstić information content (AvgIpc) is 2.40. The molecule has 19 heavy (non-hydrogen) atoms. The maximum atomic E-state index is 11.0. The van der Waals surface area contributed by atoms with Crippen LogP contribution >= 0.6 is 0 Å². The SMILES string of the molecule is CCCCCCCCC(O)CC(O)C(O)C(=O)OC. The molecule has 0 spiro atoms. The van der Waals surface area contributed by atoms with Crippen LogP contribution in [-0.2, 0) is 9.53 Å². The van der Waals surface area contributed by atoms with Crippen molar-refractivity contribution in [2.45, 2.75) is 76.6 Å². The quantitative estimate of drug-likeness (QED) is 0.392. The first-order valence-corrected chi connectivity index (χ1v) is 7.14. The van der Waals surface area contributed by atoms with Crippen molar-refractivity contribution in [2.24, 2.45) is 0 Å². The summed E-state index contributed by atoms with van der Waals surface area (Å²) in [4.78, 5) is 11.0. The molecule has 5 nitrogen and oxygen atoms in total. The molecule has 0 bridgehead atoms. The highest BCUT2D eigenvalue weighted by molar-refractivity contribution is 5.74. The standard InChI is InChI=1S/C14H28O5/c1-3-4-5-6-7-8-9-11(15)10-12(16)13(17)14(18)19-2/h11-13,15-17H,3-10H2,1-2H3. The van der Waals surface area contributed by atoms with Gasteiger partial charge in [-0.15, -0.1) is 0 Å². The summed E-state index contributed by atoms with van der Waals surface area (Å²) in [6, 6.07) is 0. The van der Waals surface area contributed by atoms with Crippen LogP contribution in [-0.4, -0.2) is 46.7 Å². The molecule has 0 fully saturated rings. The lowest BCUT2D eigenvalue weighted by atomic mass is 10.0. The van der Waals surface area contributed by atoms with Crippen LogP contribution in [0.1, 0.15) is 58.3 Å². The molecular formula is C14H28O5. The second-order valence-corrected chi connectivity index (χ2v) is 4.98. The van der Waals surface area contributed by atoms with Gasteiger partial charge in [0, 0.05) is 6.42 Å². The Hall–Kier alpha value is -0.650. The lowest BCUT2D eigenvalue weighted by Crippen LogP contribution is -2.37. The van der Waals surface area contributed by atoms with Gasteiger partial charge in [0.1, 0.15) is 0 Å². The minimum absolute atomic E-state index is 0.00870. The third-order valence-electron chi connectivity index (χ3n) is 3.21. The van der Waals surface area contributed by atoms with E-state index in [2.05, 4.69) is 11.7 Å². The topological polar surface area (TPSA) is 87.0 Å². The van der Waals surface area contributed by atoms with Crippen molar-refractivity contribution in [3.63, 3.8) is 0 Å². The van der Waals surface area contributed by atoms with Crippen molar-refractivity contribution >= 4 is 5.97 Å². The molecule has 0 aliphatic carbocycles. The molecule has 0 amide bonds. The van der Waals surface area contributed by atoms with Gasteiger partial charge < -0.3 is 20.1 Å². The van der Waals surface area contributed by atoms with Gasteiger partial charge in [-0.05, 0) is 6.42 Å². The van der Waals surface area contributed by atoms with Crippen LogP contribution < -0.4 is 0 Å². The van der Waals surface area contributed by atoms with Crippen molar-refractivity contribution in [1.82, 2.24) is 0 Å². The third kappa shape index (κ3) is 8.97. The number of aliphatic hydroxyl groups excluding tert-OH is 3. The largest absolute Gasteiger partial charge is 0.467 e. The molecule has 0 aromatic carbocycles. The van der Waals surface area contributed by atoms with Crippen LogP contribution in [0.4, 0.5) is 0 Å². The Morgan fingerprint density at radius 3 is 2.21 bits per heavy atom. The molecule has 5 heteroatoms. The van der Waals surface area contributed by atoms with Crippen LogP contribution in [0, 0.1) is 0 Å². The van der Waals surface area contributed by atoms with E-state index in [1.54, 1.807) is 0 Å². The number of esters is 1. The zero-order valence-corrected chi connectivity index (χ0v) is 12.0. The van der Waals surface area contributed by atoms with Gasteiger partial charge in [0.2, 0.25) is 0 Å². The molecule has 0 saturated carbocycles. The van der Waals surface area contributed by atoms with Crippen molar-refractivity contribution in [2.75, 3.05) is 7.11 Å². The number of carbonyl (C=O) groups is 1. The zero-order chi connectivity index (χ0) is 14.7. The zero-order valence-electron chi connectivity index (χ0n) is 12.0. The summed E-state index contributed by atoms with van der Waals surface area (Å²) >= 11 is 0. The van der Waals surface area contributed by atoms with E-state index in [0.717, 1.165) is 26.4 Å². The maximum absolute atomic E-state index is 11.0. The van der Waals surface area contributed by atoms with Crippen LogP contribution in [0.5, 0.6) is 0 Å². The minimum atomic E-state index is -1.58. The summed E-state index contributed by atoms with van der Waals surface area (Å²) < 4.78 is 4.32. The second kappa shape index (κ2) is 11.2. The van der Waals surface area contributed by atoms with Crippen LogP contribution in [0.25, 0.3) is 0 Å². The Labute approximate surface area is 115 Å². The highest BCUT2D eigenvalue weighted by Gasteiger charge is 2.26. The molecule has 0 saturated heterocycles. The molecule has 3 unspecified atom stereocenters.